The summed E-state index contributed by atoms with van der Waals surface area (Å²) >= 11 is 0. The fourth-order valence-electron chi connectivity index (χ4n) is 1.27. The highest BCUT2D eigenvalue weighted by Crippen LogP contribution is 2.17. The summed E-state index contributed by atoms with van der Waals surface area (Å²) in [5.74, 6) is 0. The first-order valence-electron chi connectivity index (χ1n) is 3.38. The van der Waals surface area contributed by atoms with E-state index in [1.165, 1.54) is 0 Å². The zero-order valence-electron chi connectivity index (χ0n) is 5.90. The fraction of sp³-hybridized carbons (Fsp3) is 0.833. The fourth-order valence-corrected chi connectivity index (χ4v) is 1.27. The molecule has 0 aromatic heterocycles. The molecule has 0 spiro atoms. The van der Waals surface area contributed by atoms with Crippen LogP contribution in [0, 0.1) is 0 Å². The van der Waals surface area contributed by atoms with E-state index in [1.807, 2.05) is 0 Å². The molecule has 4 nitrogen and oxygen atoms in total. The van der Waals surface area contributed by atoms with Crippen molar-refractivity contribution in [2.75, 3.05) is 13.2 Å². The summed E-state index contributed by atoms with van der Waals surface area (Å²) in [7, 11) is 0. The van der Waals surface area contributed by atoms with Crippen molar-refractivity contribution in [3.63, 3.8) is 0 Å². The van der Waals surface area contributed by atoms with E-state index < -0.39 is 24.9 Å². The summed E-state index contributed by atoms with van der Waals surface area (Å²) < 4.78 is 12.1. The summed E-state index contributed by atoms with van der Waals surface area (Å²) in [6.45, 7) is -0.687. The van der Waals surface area contributed by atoms with Gasteiger partial charge in [-0.15, -0.1) is 0 Å². The Hall–Kier alpha value is -0.840. The lowest BCUT2D eigenvalue weighted by Crippen LogP contribution is -2.35. The maximum atomic E-state index is 12.1. The lowest BCUT2D eigenvalue weighted by molar-refractivity contribution is 0.126. The molecule has 11 heavy (non-hydrogen) atoms. The Bertz CT molecular complexity index is 164. The van der Waals surface area contributed by atoms with Gasteiger partial charge in [-0.3, -0.25) is 0 Å². The number of rotatable bonds is 1. The van der Waals surface area contributed by atoms with Gasteiger partial charge < -0.3 is 15.1 Å². The summed E-state index contributed by atoms with van der Waals surface area (Å²) in [5, 5.41) is 17.5. The van der Waals surface area contributed by atoms with Crippen molar-refractivity contribution < 1.29 is 19.4 Å². The monoisotopic (exact) mass is 163 g/mol. The second kappa shape index (κ2) is 3.04. The van der Waals surface area contributed by atoms with Gasteiger partial charge in [-0.25, -0.2) is 9.18 Å². The number of hydrogen-bond acceptors (Lipinski definition) is 2. The molecule has 1 saturated heterocycles. The molecule has 1 heterocycles. The molecule has 2 unspecified atom stereocenters. The molecule has 0 saturated carbocycles. The highest BCUT2D eigenvalue weighted by molar-refractivity contribution is 5.66. The molecular formula is C6H10FNO3. The molecule has 0 bridgehead atoms. The van der Waals surface area contributed by atoms with Gasteiger partial charge in [0.25, 0.3) is 0 Å². The van der Waals surface area contributed by atoms with E-state index in [9.17, 15) is 9.18 Å². The second-order valence-electron chi connectivity index (χ2n) is 2.63. The molecule has 0 aliphatic carbocycles. The predicted molar refractivity (Wildman–Crippen MR) is 35.1 cm³/mol. The van der Waals surface area contributed by atoms with E-state index in [-0.39, 0.29) is 13.0 Å². The first-order chi connectivity index (χ1) is 5.15. The third-order valence-corrected chi connectivity index (χ3v) is 1.82. The predicted octanol–water partition coefficient (Wildman–Crippen LogP) is 0.0691. The van der Waals surface area contributed by atoms with Gasteiger partial charge in [0.2, 0.25) is 0 Å². The van der Waals surface area contributed by atoms with Crippen molar-refractivity contribution in [1.29, 1.82) is 0 Å². The standard InChI is InChI=1S/C6H10FNO3/c7-2-4-1-5(9)3-8(4)6(10)11/h4-5,9H,1-3H2,(H,10,11). The van der Waals surface area contributed by atoms with Crippen molar-refractivity contribution in [2.45, 2.75) is 18.6 Å². The quantitative estimate of drug-likeness (QED) is 0.575. The van der Waals surface area contributed by atoms with E-state index in [0.29, 0.717) is 0 Å². The summed E-state index contributed by atoms with van der Waals surface area (Å²) in [6, 6.07) is -0.650. The zero-order valence-corrected chi connectivity index (χ0v) is 5.90. The average Bonchev–Trinajstić information content (AvgIpc) is 2.30. The number of likely N-dealkylation sites (tertiary alicyclic amines) is 1. The Morgan fingerprint density at radius 2 is 2.36 bits per heavy atom. The van der Waals surface area contributed by atoms with Gasteiger partial charge in [0.15, 0.2) is 0 Å². The van der Waals surface area contributed by atoms with Gasteiger partial charge in [-0.2, -0.15) is 0 Å². The van der Waals surface area contributed by atoms with E-state index in [1.54, 1.807) is 0 Å². The third kappa shape index (κ3) is 1.59. The maximum Gasteiger partial charge on any atom is 0.407 e. The van der Waals surface area contributed by atoms with Gasteiger partial charge in [0, 0.05) is 0 Å². The Morgan fingerprint density at radius 1 is 1.73 bits per heavy atom. The minimum Gasteiger partial charge on any atom is -0.465 e. The molecular weight excluding hydrogens is 153 g/mol. The van der Waals surface area contributed by atoms with E-state index in [0.717, 1.165) is 4.90 Å². The maximum absolute atomic E-state index is 12.1. The number of carboxylic acid groups (broad SMARTS) is 1. The van der Waals surface area contributed by atoms with Crippen LogP contribution >= 0.6 is 0 Å². The Balaban J connectivity index is 2.57. The van der Waals surface area contributed by atoms with Gasteiger partial charge in [0.1, 0.15) is 6.67 Å². The highest BCUT2D eigenvalue weighted by Gasteiger charge is 2.33. The second-order valence-corrected chi connectivity index (χ2v) is 2.63. The Labute approximate surface area is 63.2 Å². The minimum absolute atomic E-state index is 0.0317. The number of aliphatic hydroxyl groups is 1. The number of nitrogens with zero attached hydrogens (tertiary/aromatic N) is 1. The van der Waals surface area contributed by atoms with Crippen molar-refractivity contribution in [2.24, 2.45) is 0 Å². The molecule has 1 rings (SSSR count). The van der Waals surface area contributed by atoms with Crippen molar-refractivity contribution in [1.82, 2.24) is 4.90 Å². The largest absolute Gasteiger partial charge is 0.465 e. The first-order valence-corrected chi connectivity index (χ1v) is 3.38. The van der Waals surface area contributed by atoms with Gasteiger partial charge in [0.05, 0.1) is 18.7 Å². The molecule has 0 aromatic rings. The number of aliphatic hydroxyl groups excluding tert-OH is 1. The smallest absolute Gasteiger partial charge is 0.407 e. The lowest BCUT2D eigenvalue weighted by Gasteiger charge is -2.17. The van der Waals surface area contributed by atoms with Crippen molar-refractivity contribution >= 4 is 6.09 Å². The molecule has 2 N–H and O–H groups in total. The first kappa shape index (κ1) is 8.26. The number of halogens is 1. The number of alkyl halides is 1. The van der Waals surface area contributed by atoms with Gasteiger partial charge in [-0.1, -0.05) is 0 Å². The van der Waals surface area contributed by atoms with E-state index in [2.05, 4.69) is 0 Å². The van der Waals surface area contributed by atoms with Crippen LogP contribution in [0.15, 0.2) is 0 Å². The number of amides is 1. The van der Waals surface area contributed by atoms with Gasteiger partial charge in [-0.05, 0) is 6.42 Å². The summed E-state index contributed by atoms with van der Waals surface area (Å²) in [6.07, 6.45) is -1.65. The van der Waals surface area contributed by atoms with E-state index >= 15 is 0 Å². The van der Waals surface area contributed by atoms with Crippen LogP contribution in [-0.4, -0.2) is 46.6 Å². The molecule has 1 amide bonds. The average molecular weight is 163 g/mol. The summed E-state index contributed by atoms with van der Waals surface area (Å²) in [5.41, 5.74) is 0. The summed E-state index contributed by atoms with van der Waals surface area (Å²) in [4.78, 5) is 11.3. The molecule has 2 atom stereocenters. The lowest BCUT2D eigenvalue weighted by atomic mass is 10.2. The van der Waals surface area contributed by atoms with Crippen LogP contribution in [0.3, 0.4) is 0 Å². The van der Waals surface area contributed by atoms with Crippen LogP contribution in [0.5, 0.6) is 0 Å². The Morgan fingerprint density at radius 3 is 2.73 bits per heavy atom. The highest BCUT2D eigenvalue weighted by atomic mass is 19.1. The van der Waals surface area contributed by atoms with Gasteiger partial charge >= 0.3 is 6.09 Å². The van der Waals surface area contributed by atoms with Crippen molar-refractivity contribution in [3.05, 3.63) is 0 Å². The van der Waals surface area contributed by atoms with Crippen LogP contribution in [0.25, 0.3) is 0 Å². The van der Waals surface area contributed by atoms with Crippen molar-refractivity contribution in [3.8, 4) is 0 Å². The van der Waals surface area contributed by atoms with Crippen LogP contribution in [-0.2, 0) is 0 Å². The van der Waals surface area contributed by atoms with Crippen LogP contribution < -0.4 is 0 Å². The molecule has 1 aliphatic rings. The van der Waals surface area contributed by atoms with Crippen LogP contribution in [0.1, 0.15) is 6.42 Å². The molecule has 5 heteroatoms. The molecule has 1 aliphatic heterocycles. The normalized spacial score (nSPS) is 30.9. The Kier molecular flexibility index (Phi) is 2.28. The molecule has 64 valence electrons. The van der Waals surface area contributed by atoms with Crippen LogP contribution in [0.4, 0.5) is 9.18 Å². The van der Waals surface area contributed by atoms with E-state index in [4.69, 9.17) is 10.2 Å². The molecule has 0 radical (unpaired) electrons. The zero-order chi connectivity index (χ0) is 8.43. The molecule has 0 aromatic carbocycles. The number of carbonyl (C=O) groups is 1. The number of hydrogen-bond donors (Lipinski definition) is 2. The number of β-amino-alcohol motifs (C(OH)–C–C–N with tert-alkyl or cyclic N) is 1. The third-order valence-electron chi connectivity index (χ3n) is 1.82. The minimum atomic E-state index is -1.16. The van der Waals surface area contributed by atoms with Crippen LogP contribution in [0.2, 0.25) is 0 Å². The topological polar surface area (TPSA) is 60.8 Å². The molecule has 1 fully saturated rings. The SMILES string of the molecule is O=C(O)N1CC(O)CC1CF.